The zero-order chi connectivity index (χ0) is 28.3. The Morgan fingerprint density at radius 2 is 1.11 bits per heavy atom. The number of phenols is 1. The summed E-state index contributed by atoms with van der Waals surface area (Å²) in [6.45, 7) is 11.5. The van der Waals surface area contributed by atoms with Gasteiger partial charge in [0.15, 0.2) is 0 Å². The summed E-state index contributed by atoms with van der Waals surface area (Å²) < 4.78 is 0. The van der Waals surface area contributed by atoms with Gasteiger partial charge in [0, 0.05) is 6.42 Å². The van der Waals surface area contributed by atoms with Crippen LogP contribution >= 0.6 is 0 Å². The standard InChI is InChI=1S/C27H44N4O6/c1-15(2)11-20(28)24(33)29-21(12-16(3)4)25(34)30-22(13-17(5)6)26(35)31-23(27(36)37)14-18-7-9-19(32)10-8-18/h7-10,15-17,20-23,32H,11-14,28H2,1-6H3,(H,29,33)(H,30,34)(H,31,35)(H,36,37). The van der Waals surface area contributed by atoms with Crippen molar-refractivity contribution in [3.05, 3.63) is 29.8 Å². The van der Waals surface area contributed by atoms with Gasteiger partial charge in [-0.05, 0) is 54.7 Å². The Morgan fingerprint density at radius 1 is 0.703 bits per heavy atom. The fourth-order valence-electron chi connectivity index (χ4n) is 3.91. The quantitative estimate of drug-likeness (QED) is 0.205. The zero-order valence-electron chi connectivity index (χ0n) is 22.8. The van der Waals surface area contributed by atoms with Crippen molar-refractivity contribution >= 4 is 23.7 Å². The molecular formula is C27H44N4O6. The monoisotopic (exact) mass is 520 g/mol. The minimum Gasteiger partial charge on any atom is -0.508 e. The van der Waals surface area contributed by atoms with Gasteiger partial charge in [-0.2, -0.15) is 0 Å². The number of phenolic OH excluding ortho intramolecular Hbond substituents is 1. The third-order valence-electron chi connectivity index (χ3n) is 5.73. The molecule has 1 aromatic rings. The van der Waals surface area contributed by atoms with Gasteiger partial charge in [-0.15, -0.1) is 0 Å². The highest BCUT2D eigenvalue weighted by Gasteiger charge is 2.31. The van der Waals surface area contributed by atoms with Crippen LogP contribution in [0.1, 0.15) is 66.4 Å². The van der Waals surface area contributed by atoms with Crippen molar-refractivity contribution in [2.45, 2.75) is 91.4 Å². The Labute approximate surface area is 219 Å². The molecule has 0 heterocycles. The molecule has 0 aliphatic carbocycles. The maximum absolute atomic E-state index is 13.2. The molecule has 0 spiro atoms. The van der Waals surface area contributed by atoms with Gasteiger partial charge in [-0.25, -0.2) is 4.79 Å². The largest absolute Gasteiger partial charge is 0.508 e. The third-order valence-corrected chi connectivity index (χ3v) is 5.73. The van der Waals surface area contributed by atoms with E-state index in [0.717, 1.165) is 0 Å². The summed E-state index contributed by atoms with van der Waals surface area (Å²) in [6.07, 6.45) is 1.10. The highest BCUT2D eigenvalue weighted by molar-refractivity contribution is 5.94. The van der Waals surface area contributed by atoms with Gasteiger partial charge in [0.25, 0.3) is 0 Å². The summed E-state index contributed by atoms with van der Waals surface area (Å²) in [4.78, 5) is 50.8. The molecular weight excluding hydrogens is 476 g/mol. The van der Waals surface area contributed by atoms with Crippen molar-refractivity contribution < 1.29 is 29.4 Å². The van der Waals surface area contributed by atoms with E-state index in [4.69, 9.17) is 5.73 Å². The first-order chi connectivity index (χ1) is 17.2. The number of aromatic hydroxyl groups is 1. The molecule has 7 N–H and O–H groups in total. The number of rotatable bonds is 15. The second-order valence-corrected chi connectivity index (χ2v) is 10.9. The van der Waals surface area contributed by atoms with E-state index in [1.165, 1.54) is 12.1 Å². The fraction of sp³-hybridized carbons (Fsp3) is 0.630. The molecule has 0 aliphatic rings. The second-order valence-electron chi connectivity index (χ2n) is 10.9. The summed E-state index contributed by atoms with van der Waals surface area (Å²) in [6, 6.07) is 2.16. The number of hydrogen-bond acceptors (Lipinski definition) is 6. The van der Waals surface area contributed by atoms with E-state index in [0.29, 0.717) is 18.4 Å². The van der Waals surface area contributed by atoms with Crippen LogP contribution in [0.4, 0.5) is 0 Å². The molecule has 0 fully saturated rings. The molecule has 1 aromatic carbocycles. The molecule has 1 rings (SSSR count). The number of carboxylic acids is 1. The van der Waals surface area contributed by atoms with Crippen LogP contribution in [0.3, 0.4) is 0 Å². The summed E-state index contributed by atoms with van der Waals surface area (Å²) in [5, 5.41) is 27.1. The average molecular weight is 521 g/mol. The average Bonchev–Trinajstić information content (AvgIpc) is 2.77. The van der Waals surface area contributed by atoms with Gasteiger partial charge in [-0.3, -0.25) is 14.4 Å². The van der Waals surface area contributed by atoms with E-state index in [2.05, 4.69) is 16.0 Å². The molecule has 0 bridgehead atoms. The zero-order valence-corrected chi connectivity index (χ0v) is 22.8. The van der Waals surface area contributed by atoms with Crippen LogP contribution in [-0.4, -0.2) is 58.1 Å². The van der Waals surface area contributed by atoms with Gasteiger partial charge in [0.05, 0.1) is 6.04 Å². The number of amides is 3. The Kier molecular flexibility index (Phi) is 13.1. The lowest BCUT2D eigenvalue weighted by Crippen LogP contribution is -2.57. The number of aliphatic carboxylic acids is 1. The number of carbonyl (C=O) groups is 4. The van der Waals surface area contributed by atoms with E-state index >= 15 is 0 Å². The van der Waals surface area contributed by atoms with Crippen LogP contribution in [-0.2, 0) is 25.6 Å². The topological polar surface area (TPSA) is 171 Å². The molecule has 208 valence electrons. The summed E-state index contributed by atoms with van der Waals surface area (Å²) >= 11 is 0. The van der Waals surface area contributed by atoms with Gasteiger partial charge in [-0.1, -0.05) is 53.7 Å². The molecule has 10 nitrogen and oxygen atoms in total. The maximum Gasteiger partial charge on any atom is 0.326 e. The Bertz CT molecular complexity index is 901. The number of nitrogens with two attached hydrogens (primary N) is 1. The van der Waals surface area contributed by atoms with Crippen molar-refractivity contribution in [2.24, 2.45) is 23.5 Å². The molecule has 3 amide bonds. The lowest BCUT2D eigenvalue weighted by molar-refractivity contribution is -0.142. The third kappa shape index (κ3) is 12.1. The first-order valence-corrected chi connectivity index (χ1v) is 12.9. The van der Waals surface area contributed by atoms with Crippen molar-refractivity contribution in [3.63, 3.8) is 0 Å². The van der Waals surface area contributed by atoms with Crippen LogP contribution in [0.5, 0.6) is 5.75 Å². The molecule has 0 aromatic heterocycles. The van der Waals surface area contributed by atoms with E-state index in [1.54, 1.807) is 12.1 Å². The Balaban J connectivity index is 3.01. The summed E-state index contributed by atoms with van der Waals surface area (Å²) in [5.74, 6) is -2.44. The SMILES string of the molecule is CC(C)CC(N)C(=O)NC(CC(C)C)C(=O)NC(CC(C)C)C(=O)NC(Cc1ccc(O)cc1)C(=O)O. The lowest BCUT2D eigenvalue weighted by atomic mass is 9.98. The highest BCUT2D eigenvalue weighted by Crippen LogP contribution is 2.13. The molecule has 0 aliphatic heterocycles. The maximum atomic E-state index is 13.2. The van der Waals surface area contributed by atoms with E-state index in [9.17, 15) is 29.4 Å². The van der Waals surface area contributed by atoms with Crippen molar-refractivity contribution in [1.82, 2.24) is 16.0 Å². The van der Waals surface area contributed by atoms with Gasteiger partial charge in [0.1, 0.15) is 23.9 Å². The summed E-state index contributed by atoms with van der Waals surface area (Å²) in [5.41, 5.74) is 6.61. The Hall–Kier alpha value is -3.14. The Morgan fingerprint density at radius 3 is 1.51 bits per heavy atom. The minimum atomic E-state index is -1.23. The number of carboxylic acid groups (broad SMARTS) is 1. The molecule has 37 heavy (non-hydrogen) atoms. The minimum absolute atomic E-state index is 0.00344. The smallest absolute Gasteiger partial charge is 0.326 e. The fourth-order valence-corrected chi connectivity index (χ4v) is 3.91. The molecule has 4 unspecified atom stereocenters. The molecule has 0 saturated heterocycles. The predicted octanol–water partition coefficient (Wildman–Crippen LogP) is 1.94. The predicted molar refractivity (Wildman–Crippen MR) is 142 cm³/mol. The number of carbonyl (C=O) groups excluding carboxylic acids is 3. The number of nitrogens with one attached hydrogen (secondary N) is 3. The first-order valence-electron chi connectivity index (χ1n) is 12.9. The second kappa shape index (κ2) is 15.2. The van der Waals surface area contributed by atoms with E-state index < -0.39 is 47.9 Å². The van der Waals surface area contributed by atoms with E-state index in [1.807, 2.05) is 41.5 Å². The van der Waals surface area contributed by atoms with Crippen LogP contribution in [0.25, 0.3) is 0 Å². The highest BCUT2D eigenvalue weighted by atomic mass is 16.4. The van der Waals surface area contributed by atoms with Gasteiger partial charge >= 0.3 is 5.97 Å². The van der Waals surface area contributed by atoms with Crippen LogP contribution in [0, 0.1) is 17.8 Å². The van der Waals surface area contributed by atoms with Crippen molar-refractivity contribution in [2.75, 3.05) is 0 Å². The van der Waals surface area contributed by atoms with E-state index in [-0.39, 0.29) is 36.3 Å². The van der Waals surface area contributed by atoms with Crippen LogP contribution in [0.2, 0.25) is 0 Å². The molecule has 0 radical (unpaired) electrons. The van der Waals surface area contributed by atoms with Gasteiger partial charge < -0.3 is 31.9 Å². The van der Waals surface area contributed by atoms with Crippen LogP contribution < -0.4 is 21.7 Å². The van der Waals surface area contributed by atoms with Crippen molar-refractivity contribution in [1.29, 1.82) is 0 Å². The summed E-state index contributed by atoms with van der Waals surface area (Å²) in [7, 11) is 0. The lowest BCUT2D eigenvalue weighted by Gasteiger charge is -2.27. The first kappa shape index (κ1) is 31.9. The number of benzene rings is 1. The molecule has 4 atom stereocenters. The normalized spacial score (nSPS) is 14.6. The van der Waals surface area contributed by atoms with Gasteiger partial charge in [0.2, 0.25) is 17.7 Å². The molecule has 10 heteroatoms. The van der Waals surface area contributed by atoms with Crippen LogP contribution in [0.15, 0.2) is 24.3 Å². The molecule has 0 saturated carbocycles. The van der Waals surface area contributed by atoms with Crippen molar-refractivity contribution in [3.8, 4) is 5.75 Å². The number of hydrogen-bond donors (Lipinski definition) is 6.